The maximum atomic E-state index is 12.6. The Kier molecular flexibility index (Phi) is 4.38. The quantitative estimate of drug-likeness (QED) is 0.769. The zero-order valence-corrected chi connectivity index (χ0v) is 15.1. The molecule has 0 radical (unpaired) electrons. The van der Waals surface area contributed by atoms with E-state index in [0.717, 1.165) is 27.9 Å². The third kappa shape index (κ3) is 3.06. The standard InChI is InChI=1S/C19H18N4O2S/c1-2-16-21-22-19(26-16)20-18(25)13-10-17(24)23(11-13)15-9-5-7-12-6-3-4-8-14(12)15/h3-9,13H,2,10-11H2,1H3,(H,20,22,25)/t13-/m1/s1. The maximum Gasteiger partial charge on any atom is 0.231 e. The van der Waals surface area contributed by atoms with Gasteiger partial charge in [-0.3, -0.25) is 9.59 Å². The van der Waals surface area contributed by atoms with Gasteiger partial charge in [-0.15, -0.1) is 10.2 Å². The highest BCUT2D eigenvalue weighted by Gasteiger charge is 2.36. The van der Waals surface area contributed by atoms with Crippen LogP contribution in [0.4, 0.5) is 10.8 Å². The summed E-state index contributed by atoms with van der Waals surface area (Å²) in [6.07, 6.45) is 0.985. The summed E-state index contributed by atoms with van der Waals surface area (Å²) in [5.74, 6) is -0.608. The monoisotopic (exact) mass is 366 g/mol. The van der Waals surface area contributed by atoms with Gasteiger partial charge in [-0.2, -0.15) is 0 Å². The van der Waals surface area contributed by atoms with Gasteiger partial charge in [-0.25, -0.2) is 0 Å². The van der Waals surface area contributed by atoms with E-state index in [9.17, 15) is 9.59 Å². The lowest BCUT2D eigenvalue weighted by Crippen LogP contribution is -2.28. The van der Waals surface area contributed by atoms with E-state index in [1.54, 1.807) is 4.90 Å². The van der Waals surface area contributed by atoms with Gasteiger partial charge in [0.25, 0.3) is 0 Å². The van der Waals surface area contributed by atoms with E-state index in [1.807, 2.05) is 49.4 Å². The number of anilines is 2. The molecule has 4 rings (SSSR count). The normalized spacial score (nSPS) is 17.0. The van der Waals surface area contributed by atoms with Gasteiger partial charge in [-0.1, -0.05) is 54.7 Å². The molecule has 1 saturated heterocycles. The molecule has 0 bridgehead atoms. The third-order valence-corrected chi connectivity index (χ3v) is 5.54. The highest BCUT2D eigenvalue weighted by atomic mass is 32.1. The number of nitrogens with zero attached hydrogens (tertiary/aromatic N) is 3. The molecule has 2 amide bonds. The molecule has 1 N–H and O–H groups in total. The fourth-order valence-electron chi connectivity index (χ4n) is 3.21. The van der Waals surface area contributed by atoms with Crippen molar-refractivity contribution < 1.29 is 9.59 Å². The Hall–Kier alpha value is -2.80. The van der Waals surface area contributed by atoms with E-state index in [0.29, 0.717) is 11.7 Å². The number of carbonyl (C=O) groups is 2. The number of nitrogens with one attached hydrogen (secondary N) is 1. The molecule has 1 aliphatic rings. The van der Waals surface area contributed by atoms with Crippen LogP contribution in [-0.2, 0) is 16.0 Å². The van der Waals surface area contributed by atoms with Crippen LogP contribution in [0.5, 0.6) is 0 Å². The third-order valence-electron chi connectivity index (χ3n) is 4.55. The number of carbonyl (C=O) groups excluding carboxylic acids is 2. The van der Waals surface area contributed by atoms with E-state index in [-0.39, 0.29) is 18.2 Å². The Morgan fingerprint density at radius 2 is 2.04 bits per heavy atom. The molecule has 26 heavy (non-hydrogen) atoms. The van der Waals surface area contributed by atoms with Gasteiger partial charge >= 0.3 is 0 Å². The molecule has 1 aliphatic heterocycles. The van der Waals surface area contributed by atoms with E-state index in [2.05, 4.69) is 15.5 Å². The number of benzene rings is 2. The number of hydrogen-bond donors (Lipinski definition) is 1. The smallest absolute Gasteiger partial charge is 0.231 e. The lowest BCUT2D eigenvalue weighted by atomic mass is 10.1. The predicted molar refractivity (Wildman–Crippen MR) is 102 cm³/mol. The van der Waals surface area contributed by atoms with Gasteiger partial charge in [0.2, 0.25) is 16.9 Å². The van der Waals surface area contributed by atoms with E-state index >= 15 is 0 Å². The molecule has 0 saturated carbocycles. The summed E-state index contributed by atoms with van der Waals surface area (Å²) < 4.78 is 0. The first kappa shape index (κ1) is 16.7. The van der Waals surface area contributed by atoms with E-state index in [4.69, 9.17) is 0 Å². The van der Waals surface area contributed by atoms with Gasteiger partial charge in [0, 0.05) is 18.4 Å². The van der Waals surface area contributed by atoms with Gasteiger partial charge in [0.05, 0.1) is 11.6 Å². The first-order valence-electron chi connectivity index (χ1n) is 8.57. The van der Waals surface area contributed by atoms with Crippen LogP contribution < -0.4 is 10.2 Å². The van der Waals surface area contributed by atoms with Crippen molar-refractivity contribution in [3.63, 3.8) is 0 Å². The Morgan fingerprint density at radius 3 is 2.85 bits per heavy atom. The van der Waals surface area contributed by atoms with Crippen molar-refractivity contribution in [2.45, 2.75) is 19.8 Å². The summed E-state index contributed by atoms with van der Waals surface area (Å²) in [5.41, 5.74) is 0.854. The number of hydrogen-bond acceptors (Lipinski definition) is 5. The van der Waals surface area contributed by atoms with E-state index < -0.39 is 5.92 Å². The maximum absolute atomic E-state index is 12.6. The Balaban J connectivity index is 1.53. The van der Waals surface area contributed by atoms with E-state index in [1.165, 1.54) is 11.3 Å². The molecule has 7 heteroatoms. The number of fused-ring (bicyclic) bond motifs is 1. The molecular weight excluding hydrogens is 348 g/mol. The lowest BCUT2D eigenvalue weighted by Gasteiger charge is -2.18. The second-order valence-electron chi connectivity index (χ2n) is 6.25. The molecule has 6 nitrogen and oxygen atoms in total. The van der Waals surface area contributed by atoms with Crippen molar-refractivity contribution in [1.82, 2.24) is 10.2 Å². The highest BCUT2D eigenvalue weighted by Crippen LogP contribution is 2.32. The lowest BCUT2D eigenvalue weighted by molar-refractivity contribution is -0.122. The van der Waals surface area contributed by atoms with Crippen LogP contribution in [0.3, 0.4) is 0 Å². The van der Waals surface area contributed by atoms with Crippen LogP contribution in [0.1, 0.15) is 18.4 Å². The second-order valence-corrected chi connectivity index (χ2v) is 7.31. The van der Waals surface area contributed by atoms with Gasteiger partial charge in [0.15, 0.2) is 0 Å². The molecule has 2 aromatic carbocycles. The average Bonchev–Trinajstić information content (AvgIpc) is 3.27. The predicted octanol–water partition coefficient (Wildman–Crippen LogP) is 3.25. The van der Waals surface area contributed by atoms with Crippen molar-refractivity contribution in [2.24, 2.45) is 5.92 Å². The molecule has 3 aromatic rings. The summed E-state index contributed by atoms with van der Waals surface area (Å²) in [5, 5.41) is 14.2. The number of aryl methyl sites for hydroxylation is 1. The van der Waals surface area contributed by atoms with Crippen LogP contribution >= 0.6 is 11.3 Å². The number of rotatable bonds is 4. The summed E-state index contributed by atoms with van der Waals surface area (Å²) in [6, 6.07) is 13.8. The summed E-state index contributed by atoms with van der Waals surface area (Å²) in [7, 11) is 0. The molecule has 1 fully saturated rings. The summed E-state index contributed by atoms with van der Waals surface area (Å²) in [4.78, 5) is 26.8. The average molecular weight is 366 g/mol. The van der Waals surface area contributed by atoms with Crippen molar-refractivity contribution in [3.05, 3.63) is 47.5 Å². The number of aromatic nitrogens is 2. The Labute approximate surface area is 154 Å². The van der Waals surface area contributed by atoms with Crippen LogP contribution in [0, 0.1) is 5.92 Å². The molecule has 0 aliphatic carbocycles. The fourth-order valence-corrected chi connectivity index (χ4v) is 3.90. The van der Waals surface area contributed by atoms with Crippen LogP contribution in [0.15, 0.2) is 42.5 Å². The van der Waals surface area contributed by atoms with Crippen molar-refractivity contribution in [3.8, 4) is 0 Å². The largest absolute Gasteiger partial charge is 0.311 e. The zero-order chi connectivity index (χ0) is 18.1. The van der Waals surface area contributed by atoms with Gasteiger partial charge < -0.3 is 10.2 Å². The van der Waals surface area contributed by atoms with Gasteiger partial charge in [-0.05, 0) is 17.9 Å². The molecule has 0 spiro atoms. The Bertz CT molecular complexity index is 979. The fraction of sp³-hybridized carbons (Fsp3) is 0.263. The second kappa shape index (κ2) is 6.84. The summed E-state index contributed by atoms with van der Waals surface area (Å²) in [6.45, 7) is 2.36. The van der Waals surface area contributed by atoms with Crippen LogP contribution in [0.2, 0.25) is 0 Å². The zero-order valence-electron chi connectivity index (χ0n) is 14.3. The Morgan fingerprint density at radius 1 is 1.23 bits per heavy atom. The first-order chi connectivity index (χ1) is 12.7. The minimum atomic E-state index is -0.393. The molecule has 1 atom stereocenters. The molecule has 0 unspecified atom stereocenters. The van der Waals surface area contributed by atoms with Crippen LogP contribution in [0.25, 0.3) is 10.8 Å². The molecule has 132 valence electrons. The van der Waals surface area contributed by atoms with Crippen LogP contribution in [-0.4, -0.2) is 28.6 Å². The minimum absolute atomic E-state index is 0.0342. The van der Waals surface area contributed by atoms with Crippen molar-refractivity contribution in [2.75, 3.05) is 16.8 Å². The molecular formula is C19H18N4O2S. The van der Waals surface area contributed by atoms with Crippen molar-refractivity contribution in [1.29, 1.82) is 0 Å². The minimum Gasteiger partial charge on any atom is -0.311 e. The highest BCUT2D eigenvalue weighted by molar-refractivity contribution is 7.15. The van der Waals surface area contributed by atoms with Gasteiger partial charge in [0.1, 0.15) is 5.01 Å². The first-order valence-corrected chi connectivity index (χ1v) is 9.38. The SMILES string of the molecule is CCc1nnc(NC(=O)[C@@H]2CC(=O)N(c3cccc4ccccc34)C2)s1. The number of amides is 2. The molecule has 1 aromatic heterocycles. The topological polar surface area (TPSA) is 75.2 Å². The molecule has 2 heterocycles. The van der Waals surface area contributed by atoms with Crippen molar-refractivity contribution >= 4 is 44.7 Å². The summed E-state index contributed by atoms with van der Waals surface area (Å²) >= 11 is 1.37.